The van der Waals surface area contributed by atoms with E-state index in [1.807, 2.05) is 36.7 Å². The van der Waals surface area contributed by atoms with Gasteiger partial charge in [0.1, 0.15) is 0 Å². The van der Waals surface area contributed by atoms with Gasteiger partial charge in [-0.2, -0.15) is 0 Å². The molecule has 1 atom stereocenters. The number of hydrogen-bond donors (Lipinski definition) is 1. The Morgan fingerprint density at radius 3 is 2.88 bits per heavy atom. The van der Waals surface area contributed by atoms with Crippen molar-refractivity contribution in [3.63, 3.8) is 0 Å². The molecule has 0 saturated heterocycles. The lowest BCUT2D eigenvalue weighted by molar-refractivity contribution is 0.155. The number of rotatable bonds is 3. The van der Waals surface area contributed by atoms with Gasteiger partial charge in [0.2, 0.25) is 0 Å². The third kappa shape index (κ3) is 2.31. The summed E-state index contributed by atoms with van der Waals surface area (Å²) in [6, 6.07) is 6.14. The highest BCUT2D eigenvalue weighted by Crippen LogP contribution is 2.20. The van der Waals surface area contributed by atoms with E-state index in [2.05, 4.69) is 11.1 Å². The van der Waals surface area contributed by atoms with Crippen molar-refractivity contribution in [2.24, 2.45) is 0 Å². The molecule has 0 amide bonds. The van der Waals surface area contributed by atoms with E-state index in [0.29, 0.717) is 6.54 Å². The summed E-state index contributed by atoms with van der Waals surface area (Å²) in [6.07, 6.45) is 4.81. The van der Waals surface area contributed by atoms with E-state index in [-0.39, 0.29) is 0 Å². The normalized spacial score (nSPS) is 12.7. The molecule has 3 heteroatoms. The Morgan fingerprint density at radius 1 is 1.38 bits per heavy atom. The molecule has 0 bridgehead atoms. The number of imidazole rings is 1. The molecule has 3 nitrogen and oxygen atoms in total. The molecule has 16 heavy (non-hydrogen) atoms. The van der Waals surface area contributed by atoms with Crippen LogP contribution in [0.5, 0.6) is 0 Å². The van der Waals surface area contributed by atoms with Crippen LogP contribution in [-0.2, 0) is 6.54 Å². The van der Waals surface area contributed by atoms with Gasteiger partial charge in [-0.05, 0) is 25.0 Å². The number of aliphatic hydroxyl groups is 1. The van der Waals surface area contributed by atoms with Gasteiger partial charge in [-0.15, -0.1) is 0 Å². The first-order chi connectivity index (χ1) is 7.66. The van der Waals surface area contributed by atoms with E-state index in [0.717, 1.165) is 11.1 Å². The molecule has 1 unspecified atom stereocenters. The molecule has 84 valence electrons. The SMILES string of the molecule is Cc1ccc(C)c(C(O)Cn2ccnc2)c1. The first-order valence-corrected chi connectivity index (χ1v) is 5.38. The first-order valence-electron chi connectivity index (χ1n) is 5.38. The van der Waals surface area contributed by atoms with Gasteiger partial charge in [0.05, 0.1) is 19.0 Å². The maximum Gasteiger partial charge on any atom is 0.0971 e. The monoisotopic (exact) mass is 216 g/mol. The zero-order valence-electron chi connectivity index (χ0n) is 9.59. The Balaban J connectivity index is 2.20. The van der Waals surface area contributed by atoms with Crippen LogP contribution in [0.15, 0.2) is 36.9 Å². The van der Waals surface area contributed by atoms with Crippen LogP contribution in [0.2, 0.25) is 0 Å². The van der Waals surface area contributed by atoms with Gasteiger partial charge in [-0.25, -0.2) is 4.98 Å². The molecule has 0 aliphatic carbocycles. The zero-order valence-corrected chi connectivity index (χ0v) is 9.59. The van der Waals surface area contributed by atoms with Gasteiger partial charge >= 0.3 is 0 Å². The number of aromatic nitrogens is 2. The fraction of sp³-hybridized carbons (Fsp3) is 0.308. The fourth-order valence-electron chi connectivity index (χ4n) is 1.81. The van der Waals surface area contributed by atoms with Crippen molar-refractivity contribution in [3.05, 3.63) is 53.6 Å². The second-order valence-electron chi connectivity index (χ2n) is 4.14. The Labute approximate surface area is 95.4 Å². The molecule has 0 saturated carbocycles. The Bertz CT molecular complexity index is 463. The van der Waals surface area contributed by atoms with E-state index in [4.69, 9.17) is 0 Å². The Hall–Kier alpha value is -1.61. The average molecular weight is 216 g/mol. The molecule has 1 aromatic carbocycles. The molecule has 0 spiro atoms. The first kappa shape index (κ1) is 10.9. The standard InChI is InChI=1S/C13H16N2O/c1-10-3-4-11(2)12(7-10)13(16)8-15-6-5-14-9-15/h3-7,9,13,16H,8H2,1-2H3. The molecule has 0 aliphatic rings. The molecule has 0 fully saturated rings. The summed E-state index contributed by atoms with van der Waals surface area (Å²) in [5.74, 6) is 0. The Morgan fingerprint density at radius 2 is 2.19 bits per heavy atom. The third-order valence-corrected chi connectivity index (χ3v) is 2.74. The lowest BCUT2D eigenvalue weighted by Crippen LogP contribution is -2.08. The van der Waals surface area contributed by atoms with Gasteiger partial charge in [-0.1, -0.05) is 23.8 Å². The fourth-order valence-corrected chi connectivity index (χ4v) is 1.81. The van der Waals surface area contributed by atoms with E-state index in [1.54, 1.807) is 12.5 Å². The topological polar surface area (TPSA) is 38.0 Å². The van der Waals surface area contributed by atoms with Crippen LogP contribution in [0.4, 0.5) is 0 Å². The quantitative estimate of drug-likeness (QED) is 0.854. The van der Waals surface area contributed by atoms with Crippen molar-refractivity contribution in [2.45, 2.75) is 26.5 Å². The minimum absolute atomic E-state index is 0.478. The highest BCUT2D eigenvalue weighted by molar-refractivity contribution is 5.32. The van der Waals surface area contributed by atoms with Crippen molar-refractivity contribution in [1.29, 1.82) is 0 Å². The summed E-state index contributed by atoms with van der Waals surface area (Å²) >= 11 is 0. The molecular formula is C13H16N2O. The van der Waals surface area contributed by atoms with Crippen molar-refractivity contribution in [2.75, 3.05) is 0 Å². The molecule has 0 aliphatic heterocycles. The van der Waals surface area contributed by atoms with Crippen LogP contribution in [0.25, 0.3) is 0 Å². The molecule has 2 aromatic rings. The van der Waals surface area contributed by atoms with Crippen LogP contribution in [0, 0.1) is 13.8 Å². The van der Waals surface area contributed by atoms with Gasteiger partial charge in [0.15, 0.2) is 0 Å². The molecule has 0 radical (unpaired) electrons. The summed E-state index contributed by atoms with van der Waals surface area (Å²) in [6.45, 7) is 4.60. The van der Waals surface area contributed by atoms with E-state index >= 15 is 0 Å². The lowest BCUT2D eigenvalue weighted by atomic mass is 10.0. The molecule has 2 rings (SSSR count). The van der Waals surface area contributed by atoms with Gasteiger partial charge in [0, 0.05) is 12.4 Å². The smallest absolute Gasteiger partial charge is 0.0971 e. The second kappa shape index (κ2) is 4.49. The van der Waals surface area contributed by atoms with E-state index < -0.39 is 6.10 Å². The highest BCUT2D eigenvalue weighted by atomic mass is 16.3. The van der Waals surface area contributed by atoms with Crippen LogP contribution in [0.1, 0.15) is 22.8 Å². The molecule has 1 N–H and O–H groups in total. The maximum absolute atomic E-state index is 10.1. The summed E-state index contributed by atoms with van der Waals surface area (Å²) in [7, 11) is 0. The summed E-state index contributed by atoms with van der Waals surface area (Å²) < 4.78 is 1.88. The van der Waals surface area contributed by atoms with Crippen molar-refractivity contribution in [3.8, 4) is 0 Å². The van der Waals surface area contributed by atoms with Crippen LogP contribution < -0.4 is 0 Å². The number of aliphatic hydroxyl groups excluding tert-OH is 1. The number of nitrogens with zero attached hydrogens (tertiary/aromatic N) is 2. The number of aryl methyl sites for hydroxylation is 2. The van der Waals surface area contributed by atoms with Gasteiger partial charge in [0.25, 0.3) is 0 Å². The second-order valence-corrected chi connectivity index (χ2v) is 4.14. The molecule has 1 aromatic heterocycles. The van der Waals surface area contributed by atoms with Gasteiger partial charge in [-0.3, -0.25) is 0 Å². The summed E-state index contributed by atoms with van der Waals surface area (Å²) in [4.78, 5) is 3.96. The largest absolute Gasteiger partial charge is 0.387 e. The zero-order chi connectivity index (χ0) is 11.5. The van der Waals surface area contributed by atoms with Gasteiger partial charge < -0.3 is 9.67 Å². The average Bonchev–Trinajstić information content (AvgIpc) is 2.74. The van der Waals surface area contributed by atoms with Crippen LogP contribution in [-0.4, -0.2) is 14.7 Å². The Kier molecular flexibility index (Phi) is 3.06. The predicted molar refractivity (Wildman–Crippen MR) is 63.1 cm³/mol. The number of benzene rings is 1. The van der Waals surface area contributed by atoms with Crippen molar-refractivity contribution < 1.29 is 5.11 Å². The van der Waals surface area contributed by atoms with Crippen LogP contribution in [0.3, 0.4) is 0 Å². The minimum atomic E-state index is -0.478. The minimum Gasteiger partial charge on any atom is -0.387 e. The molecular weight excluding hydrogens is 200 g/mol. The highest BCUT2D eigenvalue weighted by Gasteiger charge is 2.10. The maximum atomic E-state index is 10.1. The summed E-state index contributed by atoms with van der Waals surface area (Å²) in [5.41, 5.74) is 3.29. The molecule has 1 heterocycles. The summed E-state index contributed by atoms with van der Waals surface area (Å²) in [5, 5.41) is 10.1. The predicted octanol–water partition coefficient (Wildman–Crippen LogP) is 2.23. The number of hydrogen-bond acceptors (Lipinski definition) is 2. The van der Waals surface area contributed by atoms with E-state index in [9.17, 15) is 5.11 Å². The third-order valence-electron chi connectivity index (χ3n) is 2.74. The van der Waals surface area contributed by atoms with E-state index in [1.165, 1.54) is 5.56 Å². The van der Waals surface area contributed by atoms with Crippen LogP contribution >= 0.6 is 0 Å². The lowest BCUT2D eigenvalue weighted by Gasteiger charge is -2.15. The van der Waals surface area contributed by atoms with Crippen molar-refractivity contribution >= 4 is 0 Å². The van der Waals surface area contributed by atoms with Crippen molar-refractivity contribution in [1.82, 2.24) is 9.55 Å².